The molecule has 0 aliphatic carbocycles. The summed E-state index contributed by atoms with van der Waals surface area (Å²) in [6, 6.07) is 3.63. The number of urea groups is 1. The molecule has 0 bridgehead atoms. The number of methoxy groups -OCH3 is 2. The minimum absolute atomic E-state index is 0.00949. The molecule has 1 fully saturated rings. The number of hydrogen-bond donors (Lipinski definition) is 1. The van der Waals surface area contributed by atoms with Crippen LogP contribution in [0.1, 0.15) is 38.2 Å². The second kappa shape index (κ2) is 10.3. The highest BCUT2D eigenvalue weighted by Gasteiger charge is 2.56. The van der Waals surface area contributed by atoms with Gasteiger partial charge >= 0.3 is 6.03 Å². The van der Waals surface area contributed by atoms with Crippen molar-refractivity contribution in [2.75, 3.05) is 38.8 Å². The van der Waals surface area contributed by atoms with E-state index in [-0.39, 0.29) is 31.7 Å². The van der Waals surface area contributed by atoms with Gasteiger partial charge in [0.2, 0.25) is 11.8 Å². The van der Waals surface area contributed by atoms with Gasteiger partial charge in [0.1, 0.15) is 5.41 Å². The highest BCUT2D eigenvalue weighted by Crippen LogP contribution is 2.41. The number of nitrogens with zero attached hydrogens (tertiary/aromatic N) is 3. The van der Waals surface area contributed by atoms with Gasteiger partial charge in [0, 0.05) is 45.1 Å². The molecule has 1 N–H and O–H groups in total. The topological polar surface area (TPSA) is 131 Å². The Hall–Kier alpha value is -3.05. The quantitative estimate of drug-likeness (QED) is 0.184. The molecule has 0 unspecified atom stereocenters. The molecule has 1 spiro atoms. The molecule has 0 radical (unpaired) electrons. The lowest BCUT2D eigenvalue weighted by Gasteiger charge is -2.46. The van der Waals surface area contributed by atoms with Crippen molar-refractivity contribution in [1.82, 2.24) is 10.2 Å². The van der Waals surface area contributed by atoms with Gasteiger partial charge in [-0.3, -0.25) is 29.9 Å². The van der Waals surface area contributed by atoms with E-state index in [1.54, 1.807) is 11.0 Å². The number of carbonyl (C=O) groups is 3. The Morgan fingerprint density at radius 1 is 1.18 bits per heavy atom. The minimum Gasteiger partial charge on any atom is -0.365 e. The molecule has 1 saturated heterocycles. The number of imide groups is 2. The molecule has 2 heterocycles. The first kappa shape index (κ1) is 24.6. The second-order valence-corrected chi connectivity index (χ2v) is 8.39. The third-order valence-corrected chi connectivity index (χ3v) is 6.25. The highest BCUT2D eigenvalue weighted by atomic mass is 16.7. The summed E-state index contributed by atoms with van der Waals surface area (Å²) in [7, 11) is 2.94. The van der Waals surface area contributed by atoms with Crippen molar-refractivity contribution in [3.8, 4) is 0 Å². The first-order valence-electron chi connectivity index (χ1n) is 11.0. The van der Waals surface area contributed by atoms with Gasteiger partial charge in [0.05, 0.1) is 11.5 Å². The van der Waals surface area contributed by atoms with Gasteiger partial charge in [-0.15, -0.1) is 0 Å². The molecule has 1 aromatic carbocycles. The van der Waals surface area contributed by atoms with Crippen LogP contribution in [0.25, 0.3) is 0 Å². The van der Waals surface area contributed by atoms with Crippen LogP contribution >= 0.6 is 0 Å². The van der Waals surface area contributed by atoms with Gasteiger partial charge in [0.15, 0.2) is 6.29 Å². The Kier molecular flexibility index (Phi) is 7.65. The largest absolute Gasteiger partial charge is 0.365 e. The number of non-ortho nitro benzene ring substituents is 1. The van der Waals surface area contributed by atoms with Crippen LogP contribution in [-0.2, 0) is 25.5 Å². The van der Waals surface area contributed by atoms with E-state index in [4.69, 9.17) is 9.47 Å². The fourth-order valence-electron chi connectivity index (χ4n) is 4.44. The third-order valence-electron chi connectivity index (χ3n) is 6.25. The zero-order valence-corrected chi connectivity index (χ0v) is 19.2. The summed E-state index contributed by atoms with van der Waals surface area (Å²) in [5, 5.41) is 13.7. The number of anilines is 1. The van der Waals surface area contributed by atoms with Crippen molar-refractivity contribution in [2.45, 2.75) is 45.3 Å². The summed E-state index contributed by atoms with van der Waals surface area (Å²) in [4.78, 5) is 52.9. The van der Waals surface area contributed by atoms with Crippen LogP contribution in [-0.4, -0.2) is 67.8 Å². The number of benzene rings is 1. The summed E-state index contributed by atoms with van der Waals surface area (Å²) in [5.41, 5.74) is -0.605. The summed E-state index contributed by atoms with van der Waals surface area (Å²) >= 11 is 0. The molecule has 33 heavy (non-hydrogen) atoms. The normalized spacial score (nSPS) is 20.4. The predicted octanol–water partition coefficient (Wildman–Crippen LogP) is 2.22. The van der Waals surface area contributed by atoms with Crippen molar-refractivity contribution >= 4 is 29.2 Å². The van der Waals surface area contributed by atoms with E-state index < -0.39 is 34.5 Å². The predicted molar refractivity (Wildman–Crippen MR) is 119 cm³/mol. The van der Waals surface area contributed by atoms with Crippen LogP contribution in [0, 0.1) is 15.5 Å². The van der Waals surface area contributed by atoms with Gasteiger partial charge in [-0.25, -0.2) is 4.79 Å². The van der Waals surface area contributed by atoms with E-state index in [9.17, 15) is 24.5 Å². The fraction of sp³-hybridized carbons (Fsp3) is 0.591. The molecule has 11 nitrogen and oxygen atoms in total. The van der Waals surface area contributed by atoms with Crippen molar-refractivity contribution in [3.63, 3.8) is 0 Å². The summed E-state index contributed by atoms with van der Waals surface area (Å²) in [6.07, 6.45) is 2.78. The molecule has 2 aliphatic rings. The molecule has 2 aliphatic heterocycles. The van der Waals surface area contributed by atoms with Crippen molar-refractivity contribution < 1.29 is 28.8 Å². The van der Waals surface area contributed by atoms with Crippen LogP contribution < -0.4 is 10.2 Å². The summed E-state index contributed by atoms with van der Waals surface area (Å²) in [6.45, 7) is 2.45. The minimum atomic E-state index is -1.59. The average Bonchev–Trinajstić information content (AvgIpc) is 2.80. The lowest BCUT2D eigenvalue weighted by atomic mass is 9.74. The van der Waals surface area contributed by atoms with Gasteiger partial charge in [0.25, 0.3) is 5.69 Å². The van der Waals surface area contributed by atoms with E-state index in [1.165, 1.54) is 26.4 Å². The highest BCUT2D eigenvalue weighted by molar-refractivity contribution is 6.20. The zero-order chi connectivity index (χ0) is 24.2. The smallest absolute Gasteiger partial charge is 0.330 e. The number of rotatable bonds is 10. The fourth-order valence-corrected chi connectivity index (χ4v) is 4.44. The van der Waals surface area contributed by atoms with Crippen LogP contribution in [0.15, 0.2) is 18.2 Å². The Bertz CT molecular complexity index is 933. The average molecular weight is 463 g/mol. The maximum atomic E-state index is 13.6. The molecule has 1 aromatic rings. The van der Waals surface area contributed by atoms with Gasteiger partial charge in [-0.2, -0.15) is 0 Å². The van der Waals surface area contributed by atoms with Crippen LogP contribution in [0.5, 0.6) is 0 Å². The number of nitro benzene ring substituents is 1. The molecule has 0 saturated carbocycles. The van der Waals surface area contributed by atoms with Crippen molar-refractivity contribution in [1.29, 1.82) is 0 Å². The van der Waals surface area contributed by atoms with Crippen LogP contribution in [0.3, 0.4) is 0 Å². The van der Waals surface area contributed by atoms with E-state index in [1.807, 2.05) is 0 Å². The Labute approximate surface area is 192 Å². The lowest BCUT2D eigenvalue weighted by Crippen LogP contribution is -2.69. The SMILES string of the molecule is CCCCCCN1C(=O)NC(=O)[C@]2(Cc3cc([N+](=O)[O-])ccc3N(CC(OC)OC)C2)C1=O. The molecule has 180 valence electrons. The monoisotopic (exact) mass is 462 g/mol. The standard InChI is InChI=1S/C22H30N4O7/c1-4-5-6-7-10-25-20(28)22(19(27)23-21(25)29)12-15-11-16(26(30)31)8-9-17(15)24(14-22)13-18(32-2)33-3/h8-9,11,18H,4-7,10,12-14H2,1-3H3,(H,23,27,29)/t22-/m1/s1. The lowest BCUT2D eigenvalue weighted by molar-refractivity contribution is -0.384. The van der Waals surface area contributed by atoms with Gasteiger partial charge < -0.3 is 14.4 Å². The summed E-state index contributed by atoms with van der Waals surface area (Å²) < 4.78 is 10.6. The van der Waals surface area contributed by atoms with Crippen molar-refractivity contribution in [2.24, 2.45) is 5.41 Å². The van der Waals surface area contributed by atoms with Crippen LogP contribution in [0.2, 0.25) is 0 Å². The number of fused-ring (bicyclic) bond motifs is 1. The number of unbranched alkanes of at least 4 members (excludes halogenated alkanes) is 3. The molecular weight excluding hydrogens is 432 g/mol. The van der Waals surface area contributed by atoms with Gasteiger partial charge in [-0.05, 0) is 24.5 Å². The molecule has 0 aromatic heterocycles. The third kappa shape index (κ3) is 4.83. The maximum absolute atomic E-state index is 13.6. The number of hydrogen-bond acceptors (Lipinski definition) is 8. The maximum Gasteiger partial charge on any atom is 0.330 e. The van der Waals surface area contributed by atoms with E-state index in [2.05, 4.69) is 12.2 Å². The van der Waals surface area contributed by atoms with E-state index >= 15 is 0 Å². The van der Waals surface area contributed by atoms with Crippen molar-refractivity contribution in [3.05, 3.63) is 33.9 Å². The zero-order valence-electron chi connectivity index (χ0n) is 19.2. The van der Waals surface area contributed by atoms with E-state index in [0.717, 1.165) is 24.2 Å². The molecule has 4 amide bonds. The van der Waals surface area contributed by atoms with Gasteiger partial charge in [-0.1, -0.05) is 26.2 Å². The Balaban J connectivity index is 1.99. The molecule has 3 rings (SSSR count). The molecule has 1 atom stereocenters. The van der Waals surface area contributed by atoms with E-state index in [0.29, 0.717) is 17.7 Å². The number of barbiturate groups is 1. The Morgan fingerprint density at radius 3 is 2.55 bits per heavy atom. The number of nitro groups is 1. The first-order chi connectivity index (χ1) is 15.8. The first-order valence-corrected chi connectivity index (χ1v) is 11.0. The number of carbonyl (C=O) groups excluding carboxylic acids is 3. The molecule has 11 heteroatoms. The molecular formula is C22H30N4O7. The van der Waals surface area contributed by atoms with Crippen LogP contribution in [0.4, 0.5) is 16.2 Å². The Morgan fingerprint density at radius 2 is 1.91 bits per heavy atom. The number of ether oxygens (including phenoxy) is 2. The number of nitrogens with one attached hydrogen (secondary N) is 1. The number of amides is 4. The summed E-state index contributed by atoms with van der Waals surface area (Å²) in [5.74, 6) is -1.28. The second-order valence-electron chi connectivity index (χ2n) is 8.39.